The second-order valence-corrected chi connectivity index (χ2v) is 6.59. The molecule has 0 aliphatic rings. The van der Waals surface area contributed by atoms with Crippen molar-refractivity contribution in [1.29, 1.82) is 0 Å². The molecule has 0 fully saturated rings. The smallest absolute Gasteiger partial charge is 0.350 e. The van der Waals surface area contributed by atoms with E-state index in [0.717, 1.165) is 12.1 Å². The monoisotopic (exact) mass is 392 g/mol. The van der Waals surface area contributed by atoms with E-state index in [1.54, 1.807) is 27.0 Å². The van der Waals surface area contributed by atoms with E-state index in [9.17, 15) is 22.8 Å². The van der Waals surface area contributed by atoms with Crippen LogP contribution in [-0.4, -0.2) is 20.3 Å². The molecular weight excluding hydrogens is 373 g/mol. The van der Waals surface area contributed by atoms with E-state index in [1.165, 1.54) is 27.6 Å². The molecule has 3 rings (SSSR count). The number of aryl methyl sites for hydroxylation is 2. The standard InChI is InChI=1S/C19H19F3N4O2/c1-11-15-7-8-26(18(28)16(15)25(3)24-11)12(2)17(27)23-10-13-5-4-6-14(9-13)19(20,21)22/h4-9,12H,10H2,1-3H3,(H,23,27). The molecule has 1 atom stereocenters. The van der Waals surface area contributed by atoms with Gasteiger partial charge in [-0.1, -0.05) is 12.1 Å². The maximum absolute atomic E-state index is 12.8. The second-order valence-electron chi connectivity index (χ2n) is 6.59. The number of hydrogen-bond acceptors (Lipinski definition) is 3. The molecule has 2 aromatic heterocycles. The molecule has 9 heteroatoms. The summed E-state index contributed by atoms with van der Waals surface area (Å²) in [4.78, 5) is 25.2. The van der Waals surface area contributed by atoms with Gasteiger partial charge in [0, 0.05) is 25.2 Å². The average Bonchev–Trinajstić information content (AvgIpc) is 2.93. The summed E-state index contributed by atoms with van der Waals surface area (Å²) in [5.41, 5.74) is 0.282. The fourth-order valence-corrected chi connectivity index (χ4v) is 3.10. The van der Waals surface area contributed by atoms with Crippen LogP contribution in [0.15, 0.2) is 41.3 Å². The van der Waals surface area contributed by atoms with Crippen molar-refractivity contribution in [1.82, 2.24) is 19.7 Å². The summed E-state index contributed by atoms with van der Waals surface area (Å²) in [6.45, 7) is 3.27. The zero-order chi connectivity index (χ0) is 20.6. The van der Waals surface area contributed by atoms with Gasteiger partial charge in [0.2, 0.25) is 5.91 Å². The number of hydrogen-bond donors (Lipinski definition) is 1. The highest BCUT2D eigenvalue weighted by atomic mass is 19.4. The zero-order valence-electron chi connectivity index (χ0n) is 15.5. The number of fused-ring (bicyclic) bond motifs is 1. The molecule has 148 valence electrons. The lowest BCUT2D eigenvalue weighted by molar-refractivity contribution is -0.137. The molecule has 0 aliphatic carbocycles. The molecule has 1 aromatic carbocycles. The summed E-state index contributed by atoms with van der Waals surface area (Å²) >= 11 is 0. The Hall–Kier alpha value is -3.10. The van der Waals surface area contributed by atoms with Gasteiger partial charge in [-0.25, -0.2) is 0 Å². The van der Waals surface area contributed by atoms with Crippen molar-refractivity contribution in [2.75, 3.05) is 0 Å². The van der Waals surface area contributed by atoms with Crippen LogP contribution in [0.3, 0.4) is 0 Å². The number of halogens is 3. The number of alkyl halides is 3. The number of carbonyl (C=O) groups is 1. The number of rotatable bonds is 4. The topological polar surface area (TPSA) is 68.9 Å². The summed E-state index contributed by atoms with van der Waals surface area (Å²) in [5.74, 6) is -0.474. The van der Waals surface area contributed by atoms with Crippen LogP contribution in [-0.2, 0) is 24.6 Å². The van der Waals surface area contributed by atoms with Crippen molar-refractivity contribution in [2.24, 2.45) is 7.05 Å². The van der Waals surface area contributed by atoms with E-state index in [4.69, 9.17) is 0 Å². The van der Waals surface area contributed by atoms with Crippen LogP contribution < -0.4 is 10.9 Å². The van der Waals surface area contributed by atoms with Gasteiger partial charge in [0.15, 0.2) is 0 Å². The molecule has 1 N–H and O–H groups in total. The number of nitrogens with zero attached hydrogens (tertiary/aromatic N) is 3. The molecule has 0 radical (unpaired) electrons. The van der Waals surface area contributed by atoms with Gasteiger partial charge in [0.1, 0.15) is 11.6 Å². The quantitative estimate of drug-likeness (QED) is 0.742. The summed E-state index contributed by atoms with van der Waals surface area (Å²) in [6, 6.07) is 5.63. The van der Waals surface area contributed by atoms with E-state index in [1.807, 2.05) is 0 Å². The number of aromatic nitrogens is 3. The first-order valence-corrected chi connectivity index (χ1v) is 8.58. The largest absolute Gasteiger partial charge is 0.416 e. The Morgan fingerprint density at radius 2 is 2.00 bits per heavy atom. The fraction of sp³-hybridized carbons (Fsp3) is 0.316. The van der Waals surface area contributed by atoms with Crippen molar-refractivity contribution in [3.8, 4) is 0 Å². The molecule has 2 heterocycles. The molecule has 0 bridgehead atoms. The number of amides is 1. The van der Waals surface area contributed by atoms with Crippen LogP contribution in [0.2, 0.25) is 0 Å². The van der Waals surface area contributed by atoms with Gasteiger partial charge < -0.3 is 9.88 Å². The number of nitrogens with one attached hydrogen (secondary N) is 1. The van der Waals surface area contributed by atoms with Gasteiger partial charge in [-0.05, 0) is 37.6 Å². The van der Waals surface area contributed by atoms with Crippen LogP contribution >= 0.6 is 0 Å². The van der Waals surface area contributed by atoms with E-state index < -0.39 is 23.7 Å². The van der Waals surface area contributed by atoms with E-state index >= 15 is 0 Å². The number of carbonyl (C=O) groups excluding carboxylic acids is 1. The molecule has 1 amide bonds. The Labute approximate surface area is 158 Å². The Bertz CT molecular complexity index is 1100. The average molecular weight is 392 g/mol. The summed E-state index contributed by atoms with van der Waals surface area (Å²) in [6.07, 6.45) is -2.93. The van der Waals surface area contributed by atoms with Crippen molar-refractivity contribution in [2.45, 2.75) is 32.6 Å². The number of pyridine rings is 1. The highest BCUT2D eigenvalue weighted by molar-refractivity contribution is 5.83. The van der Waals surface area contributed by atoms with Gasteiger partial charge in [-0.15, -0.1) is 0 Å². The van der Waals surface area contributed by atoms with Crippen LogP contribution in [0.5, 0.6) is 0 Å². The SMILES string of the molecule is Cc1nn(C)c2c(=O)n(C(C)C(=O)NCc3cccc(C(F)(F)F)c3)ccc12. The second kappa shape index (κ2) is 7.14. The summed E-state index contributed by atoms with van der Waals surface area (Å²) in [7, 11) is 1.65. The third-order valence-corrected chi connectivity index (χ3v) is 4.63. The Kier molecular flexibility index (Phi) is 5.01. The zero-order valence-corrected chi connectivity index (χ0v) is 15.5. The Balaban J connectivity index is 1.79. The predicted molar refractivity (Wildman–Crippen MR) is 97.7 cm³/mol. The van der Waals surface area contributed by atoms with Crippen LogP contribution in [0.1, 0.15) is 29.8 Å². The third-order valence-electron chi connectivity index (χ3n) is 4.63. The van der Waals surface area contributed by atoms with Crippen molar-refractivity contribution in [3.05, 3.63) is 63.7 Å². The van der Waals surface area contributed by atoms with E-state index in [0.29, 0.717) is 22.2 Å². The Morgan fingerprint density at radius 1 is 1.29 bits per heavy atom. The van der Waals surface area contributed by atoms with Crippen molar-refractivity contribution >= 4 is 16.8 Å². The fourth-order valence-electron chi connectivity index (χ4n) is 3.10. The molecule has 0 saturated heterocycles. The van der Waals surface area contributed by atoms with Crippen LogP contribution in [0.25, 0.3) is 10.9 Å². The van der Waals surface area contributed by atoms with Crippen molar-refractivity contribution in [3.63, 3.8) is 0 Å². The molecule has 0 saturated carbocycles. The van der Waals surface area contributed by atoms with Crippen molar-refractivity contribution < 1.29 is 18.0 Å². The predicted octanol–water partition coefficient (Wildman–Crippen LogP) is 2.94. The first-order chi connectivity index (χ1) is 13.1. The molecule has 1 unspecified atom stereocenters. The lowest BCUT2D eigenvalue weighted by Gasteiger charge is -2.16. The van der Waals surface area contributed by atoms with E-state index in [-0.39, 0.29) is 12.1 Å². The minimum atomic E-state index is -4.45. The van der Waals surface area contributed by atoms with Crippen LogP contribution in [0, 0.1) is 6.92 Å². The summed E-state index contributed by atoms with van der Waals surface area (Å²) in [5, 5.41) is 7.50. The lowest BCUT2D eigenvalue weighted by Crippen LogP contribution is -2.35. The molecule has 6 nitrogen and oxygen atoms in total. The minimum Gasteiger partial charge on any atom is -0.350 e. The van der Waals surface area contributed by atoms with Gasteiger partial charge in [0.05, 0.1) is 11.3 Å². The molecule has 0 spiro atoms. The highest BCUT2D eigenvalue weighted by Crippen LogP contribution is 2.29. The summed E-state index contributed by atoms with van der Waals surface area (Å²) < 4.78 is 41.1. The maximum Gasteiger partial charge on any atom is 0.416 e. The first-order valence-electron chi connectivity index (χ1n) is 8.58. The van der Waals surface area contributed by atoms with Gasteiger partial charge >= 0.3 is 6.18 Å². The maximum atomic E-state index is 12.8. The van der Waals surface area contributed by atoms with E-state index in [2.05, 4.69) is 10.4 Å². The molecular formula is C19H19F3N4O2. The molecule has 3 aromatic rings. The highest BCUT2D eigenvalue weighted by Gasteiger charge is 2.30. The Morgan fingerprint density at radius 3 is 2.68 bits per heavy atom. The van der Waals surface area contributed by atoms with Crippen LogP contribution in [0.4, 0.5) is 13.2 Å². The third kappa shape index (κ3) is 3.64. The first kappa shape index (κ1) is 19.7. The minimum absolute atomic E-state index is 0.0745. The normalized spacial score (nSPS) is 12.9. The van der Waals surface area contributed by atoms with Gasteiger partial charge in [0.25, 0.3) is 5.56 Å². The lowest BCUT2D eigenvalue weighted by atomic mass is 10.1. The van der Waals surface area contributed by atoms with Gasteiger partial charge in [-0.3, -0.25) is 14.3 Å². The molecule has 0 aliphatic heterocycles. The molecule has 28 heavy (non-hydrogen) atoms. The van der Waals surface area contributed by atoms with Gasteiger partial charge in [-0.2, -0.15) is 18.3 Å². The number of benzene rings is 1.